The smallest absolute Gasteiger partial charge is 0.131 e. The highest BCUT2D eigenvalue weighted by Crippen LogP contribution is 2.32. The van der Waals surface area contributed by atoms with Crippen LogP contribution in [0.2, 0.25) is 0 Å². The largest absolute Gasteiger partial charge is 0.464 e. The Bertz CT molecular complexity index is 289. The summed E-state index contributed by atoms with van der Waals surface area (Å²) >= 11 is 1.94. The molecule has 2 rings (SSSR count). The maximum absolute atomic E-state index is 5.72. The quantitative estimate of drug-likeness (QED) is 0.814. The second-order valence-electron chi connectivity index (χ2n) is 3.88. The predicted molar refractivity (Wildman–Crippen MR) is 60.5 cm³/mol. The molecule has 0 aliphatic carbocycles. The van der Waals surface area contributed by atoms with E-state index >= 15 is 0 Å². The first-order valence-corrected chi connectivity index (χ1v) is 6.28. The maximum Gasteiger partial charge on any atom is 0.131 e. The number of thioether (sulfide) groups is 1. The van der Waals surface area contributed by atoms with Crippen LogP contribution < -0.4 is 5.32 Å². The van der Waals surface area contributed by atoms with Crippen molar-refractivity contribution in [1.82, 2.24) is 5.32 Å². The Balaban J connectivity index is 2.01. The van der Waals surface area contributed by atoms with Gasteiger partial charge in [0, 0.05) is 6.42 Å². The van der Waals surface area contributed by atoms with Crippen molar-refractivity contribution in [3.8, 4) is 0 Å². The fourth-order valence-corrected chi connectivity index (χ4v) is 2.74. The van der Waals surface area contributed by atoms with Gasteiger partial charge in [-0.1, -0.05) is 13.8 Å². The molecule has 0 amide bonds. The molecule has 2 unspecified atom stereocenters. The van der Waals surface area contributed by atoms with E-state index < -0.39 is 0 Å². The van der Waals surface area contributed by atoms with Crippen molar-refractivity contribution in [1.29, 1.82) is 0 Å². The standard InChI is InChI=1S/C11H17NOS/c1-3-9-4-5-10(13-9)11-12-6-8(2)7-14-11/h4-5,8,11-12H,3,6-7H2,1-2H3. The van der Waals surface area contributed by atoms with Crippen LogP contribution in [-0.2, 0) is 6.42 Å². The highest BCUT2D eigenvalue weighted by atomic mass is 32.2. The molecule has 0 saturated carbocycles. The molecule has 1 aliphatic heterocycles. The molecule has 1 N–H and O–H groups in total. The van der Waals surface area contributed by atoms with Crippen LogP contribution in [0.15, 0.2) is 16.5 Å². The van der Waals surface area contributed by atoms with E-state index in [9.17, 15) is 0 Å². The van der Waals surface area contributed by atoms with Crippen molar-refractivity contribution < 1.29 is 4.42 Å². The summed E-state index contributed by atoms with van der Waals surface area (Å²) in [5.74, 6) is 4.16. The van der Waals surface area contributed by atoms with Crippen LogP contribution in [0.4, 0.5) is 0 Å². The zero-order valence-electron chi connectivity index (χ0n) is 8.75. The van der Waals surface area contributed by atoms with E-state index in [-0.39, 0.29) is 0 Å². The van der Waals surface area contributed by atoms with Gasteiger partial charge in [0.25, 0.3) is 0 Å². The van der Waals surface area contributed by atoms with Crippen LogP contribution in [0.1, 0.15) is 30.7 Å². The van der Waals surface area contributed by atoms with Gasteiger partial charge in [-0.05, 0) is 30.3 Å². The van der Waals surface area contributed by atoms with Gasteiger partial charge < -0.3 is 4.42 Å². The van der Waals surface area contributed by atoms with Crippen LogP contribution in [-0.4, -0.2) is 12.3 Å². The summed E-state index contributed by atoms with van der Waals surface area (Å²) in [6, 6.07) is 4.18. The first kappa shape index (κ1) is 10.1. The molecule has 78 valence electrons. The SMILES string of the molecule is CCc1ccc(C2NCC(C)CS2)o1. The third-order valence-corrected chi connectivity index (χ3v) is 3.98. The van der Waals surface area contributed by atoms with E-state index in [4.69, 9.17) is 4.42 Å². The molecule has 1 aromatic rings. The molecule has 0 bridgehead atoms. The Kier molecular flexibility index (Phi) is 3.19. The van der Waals surface area contributed by atoms with Crippen LogP contribution >= 0.6 is 11.8 Å². The summed E-state index contributed by atoms with van der Waals surface area (Å²) in [7, 11) is 0. The highest BCUT2D eigenvalue weighted by molar-refractivity contribution is 7.99. The normalized spacial score (nSPS) is 27.9. The van der Waals surface area contributed by atoms with Gasteiger partial charge in [0.2, 0.25) is 0 Å². The van der Waals surface area contributed by atoms with Gasteiger partial charge >= 0.3 is 0 Å². The summed E-state index contributed by atoms with van der Waals surface area (Å²) in [5.41, 5.74) is 0. The van der Waals surface area contributed by atoms with Gasteiger partial charge in [-0.15, -0.1) is 11.8 Å². The van der Waals surface area contributed by atoms with Crippen LogP contribution in [0.5, 0.6) is 0 Å². The van der Waals surface area contributed by atoms with Crippen molar-refractivity contribution >= 4 is 11.8 Å². The minimum absolute atomic E-state index is 0.367. The number of hydrogen-bond acceptors (Lipinski definition) is 3. The summed E-state index contributed by atoms with van der Waals surface area (Å²) in [4.78, 5) is 0. The average Bonchev–Trinajstić information content (AvgIpc) is 2.67. The van der Waals surface area contributed by atoms with Crippen molar-refractivity contribution in [2.45, 2.75) is 25.6 Å². The average molecular weight is 211 g/mol. The second-order valence-corrected chi connectivity index (χ2v) is 5.02. The molecule has 3 heteroatoms. The van der Waals surface area contributed by atoms with E-state index in [1.165, 1.54) is 5.75 Å². The van der Waals surface area contributed by atoms with Crippen molar-refractivity contribution in [2.75, 3.05) is 12.3 Å². The summed E-state index contributed by atoms with van der Waals surface area (Å²) in [6.07, 6.45) is 0.980. The van der Waals surface area contributed by atoms with Crippen molar-refractivity contribution in [3.05, 3.63) is 23.7 Å². The van der Waals surface area contributed by atoms with Gasteiger partial charge in [-0.2, -0.15) is 0 Å². The fourth-order valence-electron chi connectivity index (χ4n) is 1.59. The lowest BCUT2D eigenvalue weighted by Gasteiger charge is -2.25. The van der Waals surface area contributed by atoms with Crippen LogP contribution in [0, 0.1) is 5.92 Å². The maximum atomic E-state index is 5.72. The molecule has 1 aliphatic rings. The van der Waals surface area contributed by atoms with E-state index in [2.05, 4.69) is 31.3 Å². The molecular formula is C11H17NOS. The topological polar surface area (TPSA) is 25.2 Å². The number of furan rings is 1. The highest BCUT2D eigenvalue weighted by Gasteiger charge is 2.21. The Labute approximate surface area is 89.4 Å². The number of rotatable bonds is 2. The van der Waals surface area contributed by atoms with Crippen LogP contribution in [0.3, 0.4) is 0 Å². The van der Waals surface area contributed by atoms with Gasteiger partial charge in [-0.3, -0.25) is 5.32 Å². The lowest BCUT2D eigenvalue weighted by atomic mass is 10.2. The molecule has 2 atom stereocenters. The Hall–Kier alpha value is -0.410. The summed E-state index contributed by atoms with van der Waals surface area (Å²) < 4.78 is 5.72. The Morgan fingerprint density at radius 3 is 3.00 bits per heavy atom. The minimum atomic E-state index is 0.367. The van der Waals surface area contributed by atoms with Gasteiger partial charge in [-0.25, -0.2) is 0 Å². The third kappa shape index (κ3) is 2.15. The van der Waals surface area contributed by atoms with E-state index in [1.54, 1.807) is 0 Å². The fraction of sp³-hybridized carbons (Fsp3) is 0.636. The first-order chi connectivity index (χ1) is 6.79. The third-order valence-electron chi connectivity index (χ3n) is 2.49. The molecule has 0 aromatic carbocycles. The van der Waals surface area contributed by atoms with E-state index in [1.807, 2.05) is 11.8 Å². The molecular weight excluding hydrogens is 194 g/mol. The van der Waals surface area contributed by atoms with Gasteiger partial charge in [0.05, 0.1) is 0 Å². The second kappa shape index (κ2) is 4.41. The monoisotopic (exact) mass is 211 g/mol. The predicted octanol–water partition coefficient (Wildman–Crippen LogP) is 2.81. The van der Waals surface area contributed by atoms with E-state index in [0.717, 1.165) is 30.4 Å². The molecule has 1 aromatic heterocycles. The summed E-state index contributed by atoms with van der Waals surface area (Å²) in [5, 5.41) is 3.86. The molecule has 0 spiro atoms. The van der Waals surface area contributed by atoms with E-state index in [0.29, 0.717) is 5.37 Å². The number of hydrogen-bond donors (Lipinski definition) is 1. The van der Waals surface area contributed by atoms with Gasteiger partial charge in [0.1, 0.15) is 16.9 Å². The first-order valence-electron chi connectivity index (χ1n) is 5.23. The molecule has 1 saturated heterocycles. The number of aryl methyl sites for hydroxylation is 1. The number of nitrogens with one attached hydrogen (secondary N) is 1. The Morgan fingerprint density at radius 2 is 2.43 bits per heavy atom. The molecule has 1 fully saturated rings. The Morgan fingerprint density at radius 1 is 1.57 bits per heavy atom. The van der Waals surface area contributed by atoms with Crippen molar-refractivity contribution in [2.24, 2.45) is 5.92 Å². The molecule has 14 heavy (non-hydrogen) atoms. The molecule has 2 nitrogen and oxygen atoms in total. The lowest BCUT2D eigenvalue weighted by Crippen LogP contribution is -2.30. The minimum Gasteiger partial charge on any atom is -0.464 e. The lowest BCUT2D eigenvalue weighted by molar-refractivity contribution is 0.426. The zero-order chi connectivity index (χ0) is 9.97. The summed E-state index contributed by atoms with van der Waals surface area (Å²) in [6.45, 7) is 5.49. The van der Waals surface area contributed by atoms with Crippen molar-refractivity contribution in [3.63, 3.8) is 0 Å². The van der Waals surface area contributed by atoms with Gasteiger partial charge in [0.15, 0.2) is 0 Å². The zero-order valence-corrected chi connectivity index (χ0v) is 9.56. The van der Waals surface area contributed by atoms with Crippen LogP contribution in [0.25, 0.3) is 0 Å². The molecule has 0 radical (unpaired) electrons. The molecule has 2 heterocycles.